The zero-order valence-corrected chi connectivity index (χ0v) is 13.9. The number of aryl methyl sites for hydroxylation is 1. The molecular formula is C15H17N3O5S. The molecule has 8 nitrogen and oxygen atoms in total. The van der Waals surface area contributed by atoms with Crippen LogP contribution in [0.15, 0.2) is 42.5 Å². The molecule has 2 rings (SSSR count). The number of benzene rings is 2. The number of primary amides is 1. The SMILES string of the molecule is COc1ccc(N(C(N)=O)c2ccc(OS(N)(=O)=O)cc2)c(C)c1. The average Bonchev–Trinajstić information content (AvgIpc) is 2.49. The van der Waals surface area contributed by atoms with Crippen molar-refractivity contribution in [1.82, 2.24) is 0 Å². The van der Waals surface area contributed by atoms with Gasteiger partial charge >= 0.3 is 16.3 Å². The molecule has 0 aliphatic rings. The predicted molar refractivity (Wildman–Crippen MR) is 89.6 cm³/mol. The predicted octanol–water partition coefficient (Wildman–Crippen LogP) is 1.80. The lowest BCUT2D eigenvalue weighted by atomic mass is 10.1. The molecule has 4 N–H and O–H groups in total. The third-order valence-electron chi connectivity index (χ3n) is 3.17. The van der Waals surface area contributed by atoms with E-state index in [0.717, 1.165) is 5.56 Å². The number of nitrogens with zero attached hydrogens (tertiary/aromatic N) is 1. The third kappa shape index (κ3) is 4.15. The number of ether oxygens (including phenoxy) is 1. The molecule has 0 heterocycles. The Labute approximate surface area is 139 Å². The number of carbonyl (C=O) groups is 1. The van der Waals surface area contributed by atoms with Crippen LogP contribution in [-0.4, -0.2) is 21.6 Å². The topological polar surface area (TPSA) is 125 Å². The minimum atomic E-state index is -4.11. The monoisotopic (exact) mass is 351 g/mol. The first kappa shape index (κ1) is 17.6. The number of amides is 2. The fraction of sp³-hybridized carbons (Fsp3) is 0.133. The number of hydrogen-bond acceptors (Lipinski definition) is 5. The Kier molecular flexibility index (Phi) is 4.96. The van der Waals surface area contributed by atoms with Crippen LogP contribution in [0.2, 0.25) is 0 Å². The smallest absolute Gasteiger partial charge is 0.380 e. The number of rotatable bonds is 5. The van der Waals surface area contributed by atoms with E-state index >= 15 is 0 Å². The van der Waals surface area contributed by atoms with Crippen LogP contribution in [0.4, 0.5) is 16.2 Å². The summed E-state index contributed by atoms with van der Waals surface area (Å²) in [6, 6.07) is 10.2. The summed E-state index contributed by atoms with van der Waals surface area (Å²) >= 11 is 0. The molecule has 0 aromatic heterocycles. The Bertz CT molecular complexity index is 850. The molecule has 0 unspecified atom stereocenters. The molecule has 0 radical (unpaired) electrons. The van der Waals surface area contributed by atoms with Crippen molar-refractivity contribution < 1.29 is 22.1 Å². The zero-order chi connectivity index (χ0) is 17.9. The van der Waals surface area contributed by atoms with Gasteiger partial charge < -0.3 is 14.7 Å². The summed E-state index contributed by atoms with van der Waals surface area (Å²) in [5.74, 6) is 0.676. The van der Waals surface area contributed by atoms with Crippen molar-refractivity contribution in [1.29, 1.82) is 0 Å². The van der Waals surface area contributed by atoms with Crippen molar-refractivity contribution in [2.24, 2.45) is 10.9 Å². The summed E-state index contributed by atoms with van der Waals surface area (Å²) in [6.07, 6.45) is 0. The fourth-order valence-corrected chi connectivity index (χ4v) is 2.56. The summed E-state index contributed by atoms with van der Waals surface area (Å²) in [6.45, 7) is 1.81. The number of anilines is 2. The van der Waals surface area contributed by atoms with Gasteiger partial charge in [-0.1, -0.05) is 0 Å². The van der Waals surface area contributed by atoms with Gasteiger partial charge in [-0.05, 0) is 55.0 Å². The maximum Gasteiger partial charge on any atom is 0.380 e. The number of methoxy groups -OCH3 is 1. The minimum Gasteiger partial charge on any atom is -0.497 e. The van der Waals surface area contributed by atoms with E-state index in [1.54, 1.807) is 25.3 Å². The molecule has 2 aromatic carbocycles. The summed E-state index contributed by atoms with van der Waals surface area (Å²) in [5, 5.41) is 4.81. The molecule has 2 amide bonds. The maximum atomic E-state index is 11.9. The molecular weight excluding hydrogens is 334 g/mol. The Hall–Kier alpha value is -2.78. The molecule has 0 bridgehead atoms. The Balaban J connectivity index is 2.40. The summed E-state index contributed by atoms with van der Waals surface area (Å²) < 4.78 is 31.5. The first-order valence-corrected chi connectivity index (χ1v) is 8.25. The normalized spacial score (nSPS) is 11.0. The van der Waals surface area contributed by atoms with E-state index in [4.69, 9.17) is 15.6 Å². The van der Waals surface area contributed by atoms with E-state index in [1.807, 2.05) is 6.92 Å². The Morgan fingerprint density at radius 1 is 1.08 bits per heavy atom. The Morgan fingerprint density at radius 3 is 2.12 bits per heavy atom. The molecule has 0 spiro atoms. The second-order valence-corrected chi connectivity index (χ2v) is 6.05. The molecule has 0 aliphatic carbocycles. The minimum absolute atomic E-state index is 0.0251. The van der Waals surface area contributed by atoms with E-state index in [9.17, 15) is 13.2 Å². The van der Waals surface area contributed by atoms with Crippen LogP contribution in [0.5, 0.6) is 11.5 Å². The first-order chi connectivity index (χ1) is 11.2. The van der Waals surface area contributed by atoms with Gasteiger partial charge in [-0.25, -0.2) is 4.79 Å². The molecule has 0 saturated heterocycles. The molecule has 128 valence electrons. The molecule has 0 fully saturated rings. The highest BCUT2D eigenvalue weighted by molar-refractivity contribution is 7.84. The van der Waals surface area contributed by atoms with Crippen molar-refractivity contribution in [2.75, 3.05) is 12.0 Å². The quantitative estimate of drug-likeness (QED) is 0.849. The van der Waals surface area contributed by atoms with E-state index in [1.165, 1.54) is 29.2 Å². The molecule has 24 heavy (non-hydrogen) atoms. The molecule has 0 atom stereocenters. The van der Waals surface area contributed by atoms with Crippen LogP contribution < -0.4 is 24.7 Å². The fourth-order valence-electron chi connectivity index (χ4n) is 2.18. The van der Waals surface area contributed by atoms with E-state index < -0.39 is 16.3 Å². The van der Waals surface area contributed by atoms with Crippen molar-refractivity contribution in [3.05, 3.63) is 48.0 Å². The van der Waals surface area contributed by atoms with Gasteiger partial charge in [0.2, 0.25) is 0 Å². The number of urea groups is 1. The maximum absolute atomic E-state index is 11.9. The lowest BCUT2D eigenvalue weighted by Crippen LogP contribution is -2.31. The van der Waals surface area contributed by atoms with Crippen LogP contribution in [0.3, 0.4) is 0 Å². The molecule has 0 saturated carbocycles. The van der Waals surface area contributed by atoms with E-state index in [2.05, 4.69) is 4.18 Å². The van der Waals surface area contributed by atoms with Crippen LogP contribution >= 0.6 is 0 Å². The first-order valence-electron chi connectivity index (χ1n) is 6.78. The number of nitrogens with two attached hydrogens (primary N) is 2. The van der Waals surface area contributed by atoms with Gasteiger partial charge in [-0.2, -0.15) is 13.6 Å². The third-order valence-corrected chi connectivity index (χ3v) is 3.60. The highest BCUT2D eigenvalue weighted by atomic mass is 32.2. The van der Waals surface area contributed by atoms with Gasteiger partial charge in [0.1, 0.15) is 11.5 Å². The van der Waals surface area contributed by atoms with Crippen molar-refractivity contribution in [2.45, 2.75) is 6.92 Å². The lowest BCUT2D eigenvalue weighted by molar-refractivity contribution is 0.256. The summed E-state index contributed by atoms with van der Waals surface area (Å²) in [5.41, 5.74) is 7.28. The second kappa shape index (κ2) is 6.77. The largest absolute Gasteiger partial charge is 0.497 e. The van der Waals surface area contributed by atoms with Crippen LogP contribution in [0.1, 0.15) is 5.56 Å². The summed E-state index contributed by atoms with van der Waals surface area (Å²) in [7, 11) is -2.57. The summed E-state index contributed by atoms with van der Waals surface area (Å²) in [4.78, 5) is 13.2. The molecule has 9 heteroatoms. The zero-order valence-electron chi connectivity index (χ0n) is 13.1. The van der Waals surface area contributed by atoms with Gasteiger partial charge in [-0.15, -0.1) is 0 Å². The van der Waals surface area contributed by atoms with Crippen LogP contribution in [-0.2, 0) is 10.3 Å². The molecule has 2 aromatic rings. The van der Waals surface area contributed by atoms with Gasteiger partial charge in [-0.3, -0.25) is 4.90 Å². The van der Waals surface area contributed by atoms with Crippen LogP contribution in [0.25, 0.3) is 0 Å². The molecule has 0 aliphatic heterocycles. The Morgan fingerprint density at radius 2 is 1.67 bits per heavy atom. The van der Waals surface area contributed by atoms with E-state index in [0.29, 0.717) is 17.1 Å². The van der Waals surface area contributed by atoms with Gasteiger partial charge in [0, 0.05) is 0 Å². The standard InChI is InChI=1S/C15H17N3O5S/c1-10-9-13(22-2)7-8-14(10)18(15(16)19)11-3-5-12(6-4-11)23-24(17,20)21/h3-9H,1-2H3,(H2,16,19)(H2,17,20,21). The lowest BCUT2D eigenvalue weighted by Gasteiger charge is -2.23. The van der Waals surface area contributed by atoms with E-state index in [-0.39, 0.29) is 5.75 Å². The van der Waals surface area contributed by atoms with Gasteiger partial charge in [0.05, 0.1) is 18.5 Å². The number of hydrogen-bond donors (Lipinski definition) is 2. The van der Waals surface area contributed by atoms with Crippen molar-refractivity contribution >= 4 is 27.7 Å². The average molecular weight is 351 g/mol. The van der Waals surface area contributed by atoms with Gasteiger partial charge in [0.25, 0.3) is 0 Å². The van der Waals surface area contributed by atoms with Crippen LogP contribution in [0, 0.1) is 6.92 Å². The highest BCUT2D eigenvalue weighted by Crippen LogP contribution is 2.31. The number of carbonyl (C=O) groups excluding carboxylic acids is 1. The second-order valence-electron chi connectivity index (χ2n) is 4.90. The van der Waals surface area contributed by atoms with Crippen molar-refractivity contribution in [3.63, 3.8) is 0 Å². The van der Waals surface area contributed by atoms with Gasteiger partial charge in [0.15, 0.2) is 0 Å². The van der Waals surface area contributed by atoms with Crippen molar-refractivity contribution in [3.8, 4) is 11.5 Å². The highest BCUT2D eigenvalue weighted by Gasteiger charge is 2.18.